The lowest BCUT2D eigenvalue weighted by atomic mass is 9.95. The number of halogens is 1. The van der Waals surface area contributed by atoms with Crippen molar-refractivity contribution >= 4 is 18.3 Å². The third kappa shape index (κ3) is 3.89. The molecule has 1 aliphatic heterocycles. The van der Waals surface area contributed by atoms with Gasteiger partial charge in [-0.2, -0.15) is 0 Å². The van der Waals surface area contributed by atoms with Crippen LogP contribution in [0.4, 0.5) is 0 Å². The van der Waals surface area contributed by atoms with Crippen LogP contribution in [-0.4, -0.2) is 31.0 Å². The Hall–Kier alpha value is -2.04. The van der Waals surface area contributed by atoms with E-state index in [1.165, 1.54) is 11.1 Å². The minimum absolute atomic E-state index is 0. The SMILES string of the molecule is COc1ccccc1CN(C)C(=O)C1Cc2ccccc2CN1.Cl. The van der Waals surface area contributed by atoms with Gasteiger partial charge in [-0.25, -0.2) is 0 Å². The first-order chi connectivity index (χ1) is 11.2. The van der Waals surface area contributed by atoms with Crippen LogP contribution in [0.25, 0.3) is 0 Å². The molecular formula is C19H23ClN2O2. The van der Waals surface area contributed by atoms with Crippen molar-refractivity contribution in [2.75, 3.05) is 14.2 Å². The normalized spacial score (nSPS) is 15.8. The van der Waals surface area contributed by atoms with Crippen LogP contribution in [-0.2, 0) is 24.3 Å². The summed E-state index contributed by atoms with van der Waals surface area (Å²) in [4.78, 5) is 14.5. The van der Waals surface area contributed by atoms with Crippen molar-refractivity contribution < 1.29 is 9.53 Å². The van der Waals surface area contributed by atoms with E-state index in [2.05, 4.69) is 17.4 Å². The standard InChI is InChI=1S/C19H22N2O2.ClH/c1-21(13-16-9-5-6-10-18(16)23-2)19(22)17-11-14-7-3-4-8-15(14)12-20-17;/h3-10,17,20H,11-13H2,1-2H3;1H. The smallest absolute Gasteiger partial charge is 0.240 e. The molecule has 5 heteroatoms. The van der Waals surface area contributed by atoms with Crippen LogP contribution in [0.5, 0.6) is 5.75 Å². The Morgan fingerprint density at radius 2 is 1.83 bits per heavy atom. The summed E-state index contributed by atoms with van der Waals surface area (Å²) in [6.07, 6.45) is 0.741. The van der Waals surface area contributed by atoms with E-state index in [1.54, 1.807) is 12.0 Å². The molecule has 128 valence electrons. The summed E-state index contributed by atoms with van der Waals surface area (Å²) < 4.78 is 5.36. The van der Waals surface area contributed by atoms with Gasteiger partial charge in [-0.1, -0.05) is 42.5 Å². The Morgan fingerprint density at radius 3 is 2.58 bits per heavy atom. The Bertz CT molecular complexity index is 705. The Balaban J connectivity index is 0.00000208. The lowest BCUT2D eigenvalue weighted by Crippen LogP contribution is -2.48. The number of nitrogens with zero attached hydrogens (tertiary/aromatic N) is 1. The summed E-state index contributed by atoms with van der Waals surface area (Å²) in [7, 11) is 3.50. The summed E-state index contributed by atoms with van der Waals surface area (Å²) >= 11 is 0. The second kappa shape index (κ2) is 8.18. The van der Waals surface area contributed by atoms with Gasteiger partial charge in [0.25, 0.3) is 0 Å². The Morgan fingerprint density at radius 1 is 1.17 bits per heavy atom. The van der Waals surface area contributed by atoms with Gasteiger partial charge in [0.05, 0.1) is 13.2 Å². The highest BCUT2D eigenvalue weighted by molar-refractivity contribution is 5.85. The van der Waals surface area contributed by atoms with Crippen LogP contribution >= 0.6 is 12.4 Å². The van der Waals surface area contributed by atoms with Gasteiger partial charge in [-0.05, 0) is 23.6 Å². The van der Waals surface area contributed by atoms with E-state index >= 15 is 0 Å². The molecule has 0 spiro atoms. The van der Waals surface area contributed by atoms with Crippen LogP contribution in [0.2, 0.25) is 0 Å². The molecule has 0 saturated carbocycles. The number of fused-ring (bicyclic) bond motifs is 1. The fourth-order valence-corrected chi connectivity index (χ4v) is 3.06. The number of likely N-dealkylation sites (N-methyl/N-ethyl adjacent to an activating group) is 1. The quantitative estimate of drug-likeness (QED) is 0.925. The van der Waals surface area contributed by atoms with Crippen LogP contribution in [0.1, 0.15) is 16.7 Å². The molecule has 1 N–H and O–H groups in total. The molecule has 0 aliphatic carbocycles. The molecule has 1 amide bonds. The molecule has 0 aromatic heterocycles. The van der Waals surface area contributed by atoms with Crippen molar-refractivity contribution in [3.05, 3.63) is 65.2 Å². The molecule has 0 saturated heterocycles. The molecule has 3 rings (SSSR count). The molecule has 1 aliphatic rings. The number of methoxy groups -OCH3 is 1. The summed E-state index contributed by atoms with van der Waals surface area (Å²) in [6.45, 7) is 1.29. The number of hydrogen-bond donors (Lipinski definition) is 1. The third-order valence-electron chi connectivity index (χ3n) is 4.36. The molecule has 2 aromatic carbocycles. The van der Waals surface area contributed by atoms with Crippen molar-refractivity contribution in [3.8, 4) is 5.75 Å². The molecule has 1 heterocycles. The highest BCUT2D eigenvalue weighted by Crippen LogP contribution is 2.21. The number of benzene rings is 2. The van der Waals surface area contributed by atoms with Gasteiger partial charge >= 0.3 is 0 Å². The molecule has 0 fully saturated rings. The summed E-state index contributed by atoms with van der Waals surface area (Å²) in [6, 6.07) is 15.9. The number of amides is 1. The minimum Gasteiger partial charge on any atom is -0.496 e. The molecule has 24 heavy (non-hydrogen) atoms. The zero-order valence-corrected chi connectivity index (χ0v) is 14.8. The van der Waals surface area contributed by atoms with Crippen molar-refractivity contribution in [2.24, 2.45) is 0 Å². The number of rotatable bonds is 4. The summed E-state index contributed by atoms with van der Waals surface area (Å²) in [5.74, 6) is 0.930. The summed E-state index contributed by atoms with van der Waals surface area (Å²) in [5.41, 5.74) is 3.56. The highest BCUT2D eigenvalue weighted by atomic mass is 35.5. The molecule has 4 nitrogen and oxygen atoms in total. The molecule has 2 aromatic rings. The average Bonchev–Trinajstić information content (AvgIpc) is 2.61. The second-order valence-electron chi connectivity index (χ2n) is 5.91. The molecular weight excluding hydrogens is 324 g/mol. The first-order valence-electron chi connectivity index (χ1n) is 7.86. The molecule has 1 atom stereocenters. The predicted octanol–water partition coefficient (Wildman–Crippen LogP) is 2.79. The van der Waals surface area contributed by atoms with E-state index in [4.69, 9.17) is 4.74 Å². The number of para-hydroxylation sites is 1. The third-order valence-corrected chi connectivity index (χ3v) is 4.36. The monoisotopic (exact) mass is 346 g/mol. The van der Waals surface area contributed by atoms with Gasteiger partial charge in [0.1, 0.15) is 5.75 Å². The van der Waals surface area contributed by atoms with Gasteiger partial charge in [-0.15, -0.1) is 12.4 Å². The van der Waals surface area contributed by atoms with Crippen molar-refractivity contribution in [1.29, 1.82) is 0 Å². The second-order valence-corrected chi connectivity index (χ2v) is 5.91. The molecule has 1 unspecified atom stereocenters. The van der Waals surface area contributed by atoms with E-state index in [0.717, 1.165) is 24.3 Å². The Labute approximate surface area is 149 Å². The largest absolute Gasteiger partial charge is 0.496 e. The van der Waals surface area contributed by atoms with Crippen LogP contribution in [0.15, 0.2) is 48.5 Å². The first kappa shape index (κ1) is 18.3. The van der Waals surface area contributed by atoms with Gasteiger partial charge in [0, 0.05) is 25.7 Å². The van der Waals surface area contributed by atoms with Crippen molar-refractivity contribution in [2.45, 2.75) is 25.6 Å². The fraction of sp³-hybridized carbons (Fsp3) is 0.316. The lowest BCUT2D eigenvalue weighted by Gasteiger charge is -2.29. The van der Waals surface area contributed by atoms with Gasteiger partial charge < -0.3 is 15.0 Å². The van der Waals surface area contributed by atoms with Gasteiger partial charge in [-0.3, -0.25) is 4.79 Å². The van der Waals surface area contributed by atoms with E-state index in [1.807, 2.05) is 43.4 Å². The molecule has 0 bridgehead atoms. The zero-order valence-electron chi connectivity index (χ0n) is 14.0. The van der Waals surface area contributed by atoms with Crippen LogP contribution in [0.3, 0.4) is 0 Å². The van der Waals surface area contributed by atoms with Gasteiger partial charge in [0.2, 0.25) is 5.91 Å². The predicted molar refractivity (Wildman–Crippen MR) is 97.5 cm³/mol. The van der Waals surface area contributed by atoms with Crippen LogP contribution in [0, 0.1) is 0 Å². The maximum atomic E-state index is 12.7. The summed E-state index contributed by atoms with van der Waals surface area (Å²) in [5, 5.41) is 3.35. The zero-order chi connectivity index (χ0) is 16.2. The number of ether oxygens (including phenoxy) is 1. The minimum atomic E-state index is -0.162. The molecule has 0 radical (unpaired) electrons. The average molecular weight is 347 g/mol. The van der Waals surface area contributed by atoms with E-state index in [0.29, 0.717) is 6.54 Å². The number of carbonyl (C=O) groups is 1. The maximum absolute atomic E-state index is 12.7. The number of nitrogens with one attached hydrogen (secondary N) is 1. The van der Waals surface area contributed by atoms with E-state index in [-0.39, 0.29) is 24.4 Å². The first-order valence-corrected chi connectivity index (χ1v) is 7.86. The van der Waals surface area contributed by atoms with Crippen molar-refractivity contribution in [3.63, 3.8) is 0 Å². The topological polar surface area (TPSA) is 41.6 Å². The van der Waals surface area contributed by atoms with Crippen molar-refractivity contribution in [1.82, 2.24) is 10.2 Å². The Kier molecular flexibility index (Phi) is 6.23. The van der Waals surface area contributed by atoms with Gasteiger partial charge in [0.15, 0.2) is 0 Å². The number of hydrogen-bond acceptors (Lipinski definition) is 3. The fourth-order valence-electron chi connectivity index (χ4n) is 3.06. The lowest BCUT2D eigenvalue weighted by molar-refractivity contribution is -0.132. The van der Waals surface area contributed by atoms with E-state index in [9.17, 15) is 4.79 Å². The maximum Gasteiger partial charge on any atom is 0.240 e. The number of carbonyl (C=O) groups excluding carboxylic acids is 1. The highest BCUT2D eigenvalue weighted by Gasteiger charge is 2.26. The van der Waals surface area contributed by atoms with Crippen LogP contribution < -0.4 is 10.1 Å². The van der Waals surface area contributed by atoms with E-state index < -0.39 is 0 Å².